The summed E-state index contributed by atoms with van der Waals surface area (Å²) < 4.78 is 34.0. The van der Waals surface area contributed by atoms with Crippen LogP contribution in [-0.4, -0.2) is 36.2 Å². The summed E-state index contributed by atoms with van der Waals surface area (Å²) in [5.41, 5.74) is -0.957. The lowest BCUT2D eigenvalue weighted by molar-refractivity contribution is 0.0382. The molecule has 3 nitrogen and oxygen atoms in total. The molecule has 0 N–H and O–H groups in total. The first-order valence-electron chi connectivity index (χ1n) is 9.68. The highest BCUT2D eigenvalue weighted by atomic mass is 35.5. The number of unbranched alkanes of at least 4 members (excludes halogenated alkanes) is 1. The average molecular weight is 442 g/mol. The number of ether oxygens (including phenoxy) is 1. The fourth-order valence-electron chi connectivity index (χ4n) is 3.46. The van der Waals surface area contributed by atoms with Gasteiger partial charge in [-0.3, -0.25) is 4.79 Å². The minimum absolute atomic E-state index is 0.0910. The third-order valence-corrected chi connectivity index (χ3v) is 5.83. The van der Waals surface area contributed by atoms with E-state index in [1.807, 2.05) is 12.1 Å². The number of carbonyl (C=O) groups is 1. The Bertz CT molecular complexity index is 854. The SMILES string of the molecule is O=C(c1ccc(F)c(Cl)c1)N1CCC(F)(CCCCOc2ccccc2Cl)CC1. The van der Waals surface area contributed by atoms with Crippen LogP contribution in [0.3, 0.4) is 0 Å². The van der Waals surface area contributed by atoms with Crippen LogP contribution in [0.15, 0.2) is 42.5 Å². The van der Waals surface area contributed by atoms with Gasteiger partial charge in [0.05, 0.1) is 16.7 Å². The molecule has 1 aliphatic rings. The van der Waals surface area contributed by atoms with Gasteiger partial charge in [-0.05, 0) is 62.4 Å². The first-order chi connectivity index (χ1) is 13.9. The Morgan fingerprint density at radius 1 is 1.07 bits per heavy atom. The number of hydrogen-bond donors (Lipinski definition) is 0. The smallest absolute Gasteiger partial charge is 0.253 e. The standard InChI is InChI=1S/C22H23Cl2F2NO2/c23-17-5-1-2-6-20(17)29-14-4-3-9-22(26)10-12-27(13-11-22)21(28)16-7-8-19(25)18(24)15-16/h1-2,5-8,15H,3-4,9-14H2. The topological polar surface area (TPSA) is 29.5 Å². The number of alkyl halides is 1. The van der Waals surface area contributed by atoms with Gasteiger partial charge in [-0.15, -0.1) is 0 Å². The summed E-state index contributed by atoms with van der Waals surface area (Å²) in [5, 5.41) is 0.473. The second-order valence-corrected chi connectivity index (χ2v) is 8.12. The molecule has 0 aromatic heterocycles. The van der Waals surface area contributed by atoms with Crippen molar-refractivity contribution in [1.29, 1.82) is 0 Å². The van der Waals surface area contributed by atoms with Crippen molar-refractivity contribution in [2.24, 2.45) is 0 Å². The fraction of sp³-hybridized carbons (Fsp3) is 0.409. The normalized spacial score (nSPS) is 15.9. The zero-order chi connectivity index (χ0) is 20.9. The maximum atomic E-state index is 15.1. The van der Waals surface area contributed by atoms with E-state index in [2.05, 4.69) is 0 Å². The third-order valence-electron chi connectivity index (χ3n) is 5.23. The summed E-state index contributed by atoms with van der Waals surface area (Å²) >= 11 is 11.8. The molecular weight excluding hydrogens is 419 g/mol. The number of benzene rings is 2. The van der Waals surface area contributed by atoms with Crippen molar-refractivity contribution in [3.05, 3.63) is 63.9 Å². The van der Waals surface area contributed by atoms with Crippen LogP contribution in [0.25, 0.3) is 0 Å². The van der Waals surface area contributed by atoms with Crippen molar-refractivity contribution >= 4 is 29.1 Å². The molecule has 1 saturated heterocycles. The molecule has 3 rings (SSSR count). The number of nitrogens with zero attached hydrogens (tertiary/aromatic N) is 1. The van der Waals surface area contributed by atoms with Gasteiger partial charge in [-0.2, -0.15) is 0 Å². The molecule has 0 atom stereocenters. The Labute approximate surface area is 179 Å². The predicted octanol–water partition coefficient (Wildman–Crippen LogP) is 6.33. The molecule has 2 aromatic rings. The number of halogens is 4. The van der Waals surface area contributed by atoms with Crippen LogP contribution in [0.4, 0.5) is 8.78 Å². The third kappa shape index (κ3) is 5.83. The van der Waals surface area contributed by atoms with Crippen molar-refractivity contribution in [2.75, 3.05) is 19.7 Å². The second-order valence-electron chi connectivity index (χ2n) is 7.31. The lowest BCUT2D eigenvalue weighted by Gasteiger charge is -2.36. The van der Waals surface area contributed by atoms with Crippen LogP contribution < -0.4 is 4.74 Å². The van der Waals surface area contributed by atoms with Gasteiger partial charge in [-0.25, -0.2) is 8.78 Å². The summed E-state index contributed by atoms with van der Waals surface area (Å²) in [6, 6.07) is 11.2. The summed E-state index contributed by atoms with van der Waals surface area (Å²) in [5.74, 6) is -0.179. The number of likely N-dealkylation sites (tertiary alicyclic amines) is 1. The van der Waals surface area contributed by atoms with Crippen molar-refractivity contribution < 1.29 is 18.3 Å². The largest absolute Gasteiger partial charge is 0.492 e. The van der Waals surface area contributed by atoms with Gasteiger partial charge in [0, 0.05) is 18.7 Å². The Hall–Kier alpha value is -1.85. The van der Waals surface area contributed by atoms with E-state index in [1.54, 1.807) is 17.0 Å². The van der Waals surface area contributed by atoms with Gasteiger partial charge in [-0.1, -0.05) is 35.3 Å². The average Bonchev–Trinajstić information content (AvgIpc) is 2.71. The fourth-order valence-corrected chi connectivity index (χ4v) is 3.83. The Morgan fingerprint density at radius 3 is 2.48 bits per heavy atom. The van der Waals surface area contributed by atoms with Crippen LogP contribution in [0.1, 0.15) is 42.5 Å². The quantitative estimate of drug-likeness (QED) is 0.470. The van der Waals surface area contributed by atoms with E-state index in [0.717, 1.165) is 6.42 Å². The lowest BCUT2D eigenvalue weighted by atomic mass is 9.88. The van der Waals surface area contributed by atoms with Crippen LogP contribution in [0.2, 0.25) is 10.0 Å². The van der Waals surface area contributed by atoms with E-state index < -0.39 is 11.5 Å². The Morgan fingerprint density at radius 2 is 1.79 bits per heavy atom. The maximum absolute atomic E-state index is 15.1. The molecular formula is C22H23Cl2F2NO2. The van der Waals surface area contributed by atoms with Gasteiger partial charge in [0.15, 0.2) is 0 Å². The van der Waals surface area contributed by atoms with E-state index in [4.69, 9.17) is 27.9 Å². The van der Waals surface area contributed by atoms with Crippen LogP contribution in [-0.2, 0) is 0 Å². The number of para-hydroxylation sites is 1. The maximum Gasteiger partial charge on any atom is 0.253 e. The van der Waals surface area contributed by atoms with Gasteiger partial charge in [0.2, 0.25) is 0 Å². The summed E-state index contributed by atoms with van der Waals surface area (Å²) in [6.07, 6.45) is 2.44. The minimum Gasteiger partial charge on any atom is -0.492 e. The summed E-state index contributed by atoms with van der Waals surface area (Å²) in [6.45, 7) is 1.15. The van der Waals surface area contributed by atoms with E-state index in [-0.39, 0.29) is 10.9 Å². The number of rotatable bonds is 7. The molecule has 0 radical (unpaired) electrons. The summed E-state index contributed by atoms with van der Waals surface area (Å²) in [4.78, 5) is 14.1. The molecule has 0 unspecified atom stereocenters. The van der Waals surface area contributed by atoms with Crippen molar-refractivity contribution in [3.8, 4) is 5.75 Å². The van der Waals surface area contributed by atoms with Crippen LogP contribution in [0.5, 0.6) is 5.75 Å². The molecule has 0 aliphatic carbocycles. The number of piperidine rings is 1. The van der Waals surface area contributed by atoms with E-state index in [9.17, 15) is 9.18 Å². The molecule has 0 bridgehead atoms. The monoisotopic (exact) mass is 441 g/mol. The van der Waals surface area contributed by atoms with Gasteiger partial charge in [0.1, 0.15) is 17.2 Å². The molecule has 156 valence electrons. The van der Waals surface area contributed by atoms with Crippen LogP contribution >= 0.6 is 23.2 Å². The number of carbonyl (C=O) groups excluding carboxylic acids is 1. The highest BCUT2D eigenvalue weighted by Crippen LogP contribution is 2.32. The predicted molar refractivity (Wildman–Crippen MR) is 111 cm³/mol. The van der Waals surface area contributed by atoms with Gasteiger partial charge in [0.25, 0.3) is 5.91 Å². The van der Waals surface area contributed by atoms with Crippen LogP contribution in [0, 0.1) is 5.82 Å². The van der Waals surface area contributed by atoms with E-state index >= 15 is 4.39 Å². The summed E-state index contributed by atoms with van der Waals surface area (Å²) in [7, 11) is 0. The number of hydrogen-bond acceptors (Lipinski definition) is 2. The van der Waals surface area contributed by atoms with Crippen molar-refractivity contribution in [2.45, 2.75) is 37.8 Å². The minimum atomic E-state index is -1.28. The molecule has 0 saturated carbocycles. The molecule has 1 aliphatic heterocycles. The zero-order valence-electron chi connectivity index (χ0n) is 16.0. The highest BCUT2D eigenvalue weighted by Gasteiger charge is 2.35. The van der Waals surface area contributed by atoms with Gasteiger partial charge >= 0.3 is 0 Å². The van der Waals surface area contributed by atoms with E-state index in [1.165, 1.54) is 18.2 Å². The molecule has 0 spiro atoms. The van der Waals surface area contributed by atoms with Crippen molar-refractivity contribution in [3.63, 3.8) is 0 Å². The van der Waals surface area contributed by atoms with Gasteiger partial charge < -0.3 is 9.64 Å². The highest BCUT2D eigenvalue weighted by molar-refractivity contribution is 6.32. The molecule has 1 heterocycles. The lowest BCUT2D eigenvalue weighted by Crippen LogP contribution is -2.44. The molecule has 29 heavy (non-hydrogen) atoms. The van der Waals surface area contributed by atoms with E-state index in [0.29, 0.717) is 61.7 Å². The first-order valence-corrected chi connectivity index (χ1v) is 10.4. The van der Waals surface area contributed by atoms with Crippen molar-refractivity contribution in [1.82, 2.24) is 4.90 Å². The second kappa shape index (κ2) is 9.77. The zero-order valence-corrected chi connectivity index (χ0v) is 17.5. The Balaban J connectivity index is 1.41. The number of amides is 1. The molecule has 7 heteroatoms. The first kappa shape index (κ1) is 21.8. The molecule has 2 aromatic carbocycles. The Kier molecular flexibility index (Phi) is 7.36. The molecule has 1 amide bonds. The molecule has 1 fully saturated rings.